The Morgan fingerprint density at radius 1 is 1.03 bits per heavy atom. The summed E-state index contributed by atoms with van der Waals surface area (Å²) in [4.78, 5) is 25.0. The molecular formula is C24H27NO5. The number of anilines is 1. The predicted octanol–water partition coefficient (Wildman–Crippen LogP) is 3.46. The maximum Gasteiger partial charge on any atom is 0.335 e. The highest BCUT2D eigenvalue weighted by molar-refractivity contribution is 5.97. The van der Waals surface area contributed by atoms with Gasteiger partial charge in [0.05, 0.1) is 6.61 Å². The van der Waals surface area contributed by atoms with E-state index in [1.165, 1.54) is 29.4 Å². The monoisotopic (exact) mass is 409 g/mol. The summed E-state index contributed by atoms with van der Waals surface area (Å²) in [6.45, 7) is -0.137. The van der Waals surface area contributed by atoms with Crippen molar-refractivity contribution >= 4 is 17.6 Å². The molecule has 2 aromatic carbocycles. The smallest absolute Gasteiger partial charge is 0.335 e. The fourth-order valence-corrected chi connectivity index (χ4v) is 4.56. The second kappa shape index (κ2) is 8.98. The van der Waals surface area contributed by atoms with Gasteiger partial charge in [0.1, 0.15) is 0 Å². The number of amides is 1. The van der Waals surface area contributed by atoms with Gasteiger partial charge in [0, 0.05) is 12.8 Å². The molecule has 6 heteroatoms. The first-order valence-corrected chi connectivity index (χ1v) is 10.5. The van der Waals surface area contributed by atoms with Crippen molar-refractivity contribution in [1.82, 2.24) is 0 Å². The van der Waals surface area contributed by atoms with Gasteiger partial charge in [0.2, 0.25) is 0 Å². The summed E-state index contributed by atoms with van der Waals surface area (Å²) in [6, 6.07) is 11.3. The number of carbonyl (C=O) groups excluding carboxylic acids is 1. The topological polar surface area (TPSA) is 84.9 Å². The molecule has 2 atom stereocenters. The van der Waals surface area contributed by atoms with Gasteiger partial charge in [-0.1, -0.05) is 36.4 Å². The average molecular weight is 409 g/mol. The van der Waals surface area contributed by atoms with Gasteiger partial charge in [-0.05, 0) is 66.3 Å². The molecule has 2 unspecified atom stereocenters. The number of aryl methyl sites for hydroxylation is 2. The summed E-state index contributed by atoms with van der Waals surface area (Å²) in [5, 5.41) is 12.6. The highest BCUT2D eigenvalue weighted by Gasteiger charge is 2.31. The maximum atomic E-state index is 13.4. The molecule has 2 aliphatic carbocycles. The normalized spacial score (nSPS) is 16.6. The summed E-state index contributed by atoms with van der Waals surface area (Å²) >= 11 is 0. The van der Waals surface area contributed by atoms with Gasteiger partial charge in [-0.3, -0.25) is 4.79 Å². The predicted molar refractivity (Wildman–Crippen MR) is 113 cm³/mol. The van der Waals surface area contributed by atoms with Crippen LogP contribution in [0.5, 0.6) is 0 Å². The van der Waals surface area contributed by atoms with Crippen molar-refractivity contribution in [2.24, 2.45) is 0 Å². The van der Waals surface area contributed by atoms with E-state index in [-0.39, 0.29) is 12.5 Å². The molecule has 0 heterocycles. The Balaban J connectivity index is 1.66. The van der Waals surface area contributed by atoms with Gasteiger partial charge in [-0.25, -0.2) is 4.79 Å². The number of fused-ring (bicyclic) bond motifs is 2. The number of rotatable bonds is 8. The molecule has 1 amide bonds. The van der Waals surface area contributed by atoms with Crippen LogP contribution in [0.4, 0.5) is 5.69 Å². The molecule has 0 aliphatic heterocycles. The SMILES string of the molecule is COCC(OC(C(=O)Nc1c2c(cc3c1CCC3)CCC2)c1ccccc1)C(=O)O. The number of hydrogen-bond acceptors (Lipinski definition) is 4. The summed E-state index contributed by atoms with van der Waals surface area (Å²) in [5.41, 5.74) is 6.63. The molecule has 0 saturated carbocycles. The zero-order chi connectivity index (χ0) is 21.1. The second-order valence-corrected chi connectivity index (χ2v) is 7.93. The molecule has 2 N–H and O–H groups in total. The van der Waals surface area contributed by atoms with E-state index >= 15 is 0 Å². The van der Waals surface area contributed by atoms with Gasteiger partial charge >= 0.3 is 5.97 Å². The van der Waals surface area contributed by atoms with E-state index in [1.54, 1.807) is 12.1 Å². The number of aliphatic carboxylic acids is 1. The van der Waals surface area contributed by atoms with Crippen molar-refractivity contribution in [2.45, 2.75) is 50.7 Å². The average Bonchev–Trinajstić information content (AvgIpc) is 3.40. The van der Waals surface area contributed by atoms with E-state index < -0.39 is 18.2 Å². The lowest BCUT2D eigenvalue weighted by Gasteiger charge is -2.24. The lowest BCUT2D eigenvalue weighted by molar-refractivity contribution is -0.161. The van der Waals surface area contributed by atoms with E-state index in [2.05, 4.69) is 11.4 Å². The van der Waals surface area contributed by atoms with Crippen molar-refractivity contribution in [3.63, 3.8) is 0 Å². The molecule has 2 aliphatic rings. The van der Waals surface area contributed by atoms with E-state index in [0.717, 1.165) is 44.2 Å². The van der Waals surface area contributed by atoms with Crippen LogP contribution in [0.25, 0.3) is 0 Å². The van der Waals surface area contributed by atoms with Crippen LogP contribution in [-0.2, 0) is 44.7 Å². The minimum Gasteiger partial charge on any atom is -0.479 e. The first kappa shape index (κ1) is 20.6. The number of nitrogens with one attached hydrogen (secondary N) is 1. The number of carboxylic acid groups (broad SMARTS) is 1. The number of methoxy groups -OCH3 is 1. The van der Waals surface area contributed by atoms with Gasteiger partial charge in [-0.15, -0.1) is 0 Å². The molecule has 6 nitrogen and oxygen atoms in total. The number of benzene rings is 2. The quantitative estimate of drug-likeness (QED) is 0.698. The van der Waals surface area contributed by atoms with Crippen LogP contribution in [0.3, 0.4) is 0 Å². The number of ether oxygens (including phenoxy) is 2. The Kier molecular flexibility index (Phi) is 6.16. The van der Waals surface area contributed by atoms with Crippen LogP contribution in [0, 0.1) is 0 Å². The molecule has 30 heavy (non-hydrogen) atoms. The van der Waals surface area contributed by atoms with Crippen molar-refractivity contribution in [3.8, 4) is 0 Å². The van der Waals surface area contributed by atoms with Crippen LogP contribution < -0.4 is 5.32 Å². The summed E-state index contributed by atoms with van der Waals surface area (Å²) in [6.07, 6.45) is 3.89. The summed E-state index contributed by atoms with van der Waals surface area (Å²) in [7, 11) is 1.41. The Bertz CT molecular complexity index is 908. The zero-order valence-corrected chi connectivity index (χ0v) is 17.1. The fourth-order valence-electron chi connectivity index (χ4n) is 4.56. The molecule has 2 aromatic rings. The Labute approximate surface area is 176 Å². The Morgan fingerprint density at radius 3 is 2.23 bits per heavy atom. The first-order chi connectivity index (χ1) is 14.6. The molecular weight excluding hydrogens is 382 g/mol. The third-order valence-corrected chi connectivity index (χ3v) is 5.96. The largest absolute Gasteiger partial charge is 0.479 e. The molecule has 0 bridgehead atoms. The van der Waals surface area contributed by atoms with Crippen molar-refractivity contribution in [2.75, 3.05) is 19.0 Å². The summed E-state index contributed by atoms with van der Waals surface area (Å²) in [5.74, 6) is -1.51. The molecule has 4 rings (SSSR count). The number of hydrogen-bond donors (Lipinski definition) is 2. The third kappa shape index (κ3) is 4.11. The van der Waals surface area contributed by atoms with Crippen molar-refractivity contribution < 1.29 is 24.2 Å². The van der Waals surface area contributed by atoms with Crippen LogP contribution >= 0.6 is 0 Å². The molecule has 0 saturated heterocycles. The van der Waals surface area contributed by atoms with E-state index in [1.807, 2.05) is 18.2 Å². The number of carbonyl (C=O) groups is 2. The van der Waals surface area contributed by atoms with Crippen molar-refractivity contribution in [3.05, 3.63) is 64.2 Å². The second-order valence-electron chi connectivity index (χ2n) is 7.93. The van der Waals surface area contributed by atoms with E-state index in [9.17, 15) is 14.7 Å². The van der Waals surface area contributed by atoms with Crippen molar-refractivity contribution in [1.29, 1.82) is 0 Å². The number of carboxylic acids is 1. The first-order valence-electron chi connectivity index (χ1n) is 10.5. The highest BCUT2D eigenvalue weighted by atomic mass is 16.6. The lowest BCUT2D eigenvalue weighted by Crippen LogP contribution is -2.35. The fraction of sp³-hybridized carbons (Fsp3) is 0.417. The zero-order valence-electron chi connectivity index (χ0n) is 17.1. The molecule has 158 valence electrons. The van der Waals surface area contributed by atoms with E-state index in [0.29, 0.717) is 5.56 Å². The summed E-state index contributed by atoms with van der Waals surface area (Å²) < 4.78 is 10.8. The standard InChI is InChI=1S/C24H27NO5/c1-29-14-20(24(27)28)30-22(15-7-3-2-4-8-15)23(26)25-21-18-11-5-9-16(18)13-17-10-6-12-19(17)21/h2-4,7-8,13,20,22H,5-6,9-12,14H2,1H3,(H,25,26)(H,27,28). The minimum atomic E-state index is -1.24. The Hall–Kier alpha value is -2.70. The molecule has 0 spiro atoms. The maximum absolute atomic E-state index is 13.4. The van der Waals surface area contributed by atoms with E-state index in [4.69, 9.17) is 9.47 Å². The van der Waals surface area contributed by atoms with Crippen LogP contribution in [0.15, 0.2) is 36.4 Å². The highest BCUT2D eigenvalue weighted by Crippen LogP contribution is 2.39. The molecule has 0 fully saturated rings. The van der Waals surface area contributed by atoms with Gasteiger partial charge in [-0.2, -0.15) is 0 Å². The van der Waals surface area contributed by atoms with Crippen LogP contribution in [0.1, 0.15) is 46.8 Å². The van der Waals surface area contributed by atoms with Crippen LogP contribution in [0.2, 0.25) is 0 Å². The lowest BCUT2D eigenvalue weighted by atomic mass is 9.98. The molecule has 0 aromatic heterocycles. The third-order valence-electron chi connectivity index (χ3n) is 5.96. The minimum absolute atomic E-state index is 0.137. The Morgan fingerprint density at radius 2 is 1.67 bits per heavy atom. The van der Waals surface area contributed by atoms with Crippen LogP contribution in [-0.4, -0.2) is 36.8 Å². The van der Waals surface area contributed by atoms with Gasteiger partial charge in [0.25, 0.3) is 5.91 Å². The van der Waals surface area contributed by atoms with Gasteiger partial charge < -0.3 is 19.9 Å². The van der Waals surface area contributed by atoms with Gasteiger partial charge in [0.15, 0.2) is 12.2 Å². The molecule has 0 radical (unpaired) electrons.